The Hall–Kier alpha value is -1.92. The number of nitrogens with one attached hydrogen (secondary N) is 1. The van der Waals surface area contributed by atoms with Crippen LogP contribution in [-0.4, -0.2) is 47.8 Å². The molecule has 0 spiro atoms. The maximum atomic E-state index is 12.4. The maximum Gasteiger partial charge on any atom is 0.326 e. The van der Waals surface area contributed by atoms with E-state index in [1.807, 2.05) is 0 Å². The monoisotopic (exact) mass is 378 g/mol. The Labute approximate surface area is 160 Å². The van der Waals surface area contributed by atoms with Gasteiger partial charge in [-0.3, -0.25) is 24.1 Å². The van der Waals surface area contributed by atoms with Gasteiger partial charge in [0.05, 0.1) is 11.8 Å². The first kappa shape index (κ1) is 19.8. The topological polar surface area (TPSA) is 92.8 Å². The summed E-state index contributed by atoms with van der Waals surface area (Å²) in [7, 11) is 0. The molecule has 2 saturated carbocycles. The van der Waals surface area contributed by atoms with Crippen LogP contribution in [-0.2, 0) is 23.9 Å². The number of hydrogen-bond donors (Lipinski definition) is 1. The van der Waals surface area contributed by atoms with E-state index in [1.165, 1.54) is 6.42 Å². The van der Waals surface area contributed by atoms with Gasteiger partial charge in [0.15, 0.2) is 6.61 Å². The van der Waals surface area contributed by atoms with E-state index in [1.54, 1.807) is 0 Å². The molecule has 3 amide bonds. The van der Waals surface area contributed by atoms with Crippen molar-refractivity contribution in [2.24, 2.45) is 23.7 Å². The number of esters is 1. The second kappa shape index (κ2) is 8.40. The predicted molar refractivity (Wildman–Crippen MR) is 97.2 cm³/mol. The van der Waals surface area contributed by atoms with Crippen molar-refractivity contribution < 1.29 is 23.9 Å². The molecule has 150 valence electrons. The highest BCUT2D eigenvalue weighted by atomic mass is 16.5. The molecule has 0 aromatic rings. The standard InChI is InChI=1S/C20H30N2O5/c1-12-6-5-9-16(13(12)2)21-17(23)11-27-18(24)10-22-19(25)14-7-3-4-8-15(14)20(22)26/h12-16H,3-11H2,1-2H3,(H,21,23)/t12-,13+,14-,15+,16-/m1/s1. The van der Waals surface area contributed by atoms with E-state index >= 15 is 0 Å². The fraction of sp³-hybridized carbons (Fsp3) is 0.800. The van der Waals surface area contributed by atoms with Crippen LogP contribution >= 0.6 is 0 Å². The molecule has 1 aliphatic heterocycles. The Bertz CT molecular complexity index is 595. The summed E-state index contributed by atoms with van der Waals surface area (Å²) in [6, 6.07) is 0.102. The first-order valence-electron chi connectivity index (χ1n) is 10.2. The number of likely N-dealkylation sites (tertiary alicyclic amines) is 1. The Morgan fingerprint density at radius 2 is 1.63 bits per heavy atom. The lowest BCUT2D eigenvalue weighted by Crippen LogP contribution is -2.45. The van der Waals surface area contributed by atoms with E-state index in [0.29, 0.717) is 24.7 Å². The molecule has 7 heteroatoms. The Kier molecular flexibility index (Phi) is 6.17. The van der Waals surface area contributed by atoms with Gasteiger partial charge in [-0.05, 0) is 31.1 Å². The molecule has 0 aromatic heterocycles. The van der Waals surface area contributed by atoms with Gasteiger partial charge < -0.3 is 10.1 Å². The molecule has 0 aromatic carbocycles. The largest absolute Gasteiger partial charge is 0.454 e. The van der Waals surface area contributed by atoms with Gasteiger partial charge in [0, 0.05) is 6.04 Å². The summed E-state index contributed by atoms with van der Waals surface area (Å²) in [4.78, 5) is 49.9. The van der Waals surface area contributed by atoms with Crippen LogP contribution in [0.15, 0.2) is 0 Å². The lowest BCUT2D eigenvalue weighted by atomic mass is 9.78. The quantitative estimate of drug-likeness (QED) is 0.580. The average Bonchev–Trinajstić information content (AvgIpc) is 2.89. The molecule has 5 atom stereocenters. The fourth-order valence-electron chi connectivity index (χ4n) is 4.74. The highest BCUT2D eigenvalue weighted by Crippen LogP contribution is 2.37. The lowest BCUT2D eigenvalue weighted by Gasteiger charge is -2.34. The van der Waals surface area contributed by atoms with Crippen molar-refractivity contribution >= 4 is 23.7 Å². The molecule has 1 N–H and O–H groups in total. The fourth-order valence-corrected chi connectivity index (χ4v) is 4.74. The van der Waals surface area contributed by atoms with Crippen molar-refractivity contribution in [1.29, 1.82) is 0 Å². The first-order valence-corrected chi connectivity index (χ1v) is 10.2. The summed E-state index contributed by atoms with van der Waals surface area (Å²) >= 11 is 0. The van der Waals surface area contributed by atoms with Crippen LogP contribution in [0.4, 0.5) is 0 Å². The average molecular weight is 378 g/mol. The third-order valence-corrected chi connectivity index (χ3v) is 6.64. The zero-order chi connectivity index (χ0) is 19.6. The van der Waals surface area contributed by atoms with Gasteiger partial charge in [-0.15, -0.1) is 0 Å². The second-order valence-corrected chi connectivity index (χ2v) is 8.36. The normalized spacial score (nSPS) is 33.6. The van der Waals surface area contributed by atoms with E-state index in [4.69, 9.17) is 4.74 Å². The molecule has 0 radical (unpaired) electrons. The molecule has 27 heavy (non-hydrogen) atoms. The van der Waals surface area contributed by atoms with E-state index in [2.05, 4.69) is 19.2 Å². The minimum atomic E-state index is -0.712. The Morgan fingerprint density at radius 3 is 2.26 bits per heavy atom. The molecule has 3 rings (SSSR count). The van der Waals surface area contributed by atoms with Gasteiger partial charge in [0.25, 0.3) is 5.91 Å². The van der Waals surface area contributed by atoms with Crippen molar-refractivity contribution in [2.75, 3.05) is 13.2 Å². The molecular weight excluding hydrogens is 348 g/mol. The number of imide groups is 1. The number of nitrogens with zero attached hydrogens (tertiary/aromatic N) is 1. The van der Waals surface area contributed by atoms with Gasteiger partial charge in [0.1, 0.15) is 6.54 Å². The van der Waals surface area contributed by atoms with E-state index < -0.39 is 12.5 Å². The number of rotatable bonds is 5. The lowest BCUT2D eigenvalue weighted by molar-refractivity contribution is -0.155. The summed E-state index contributed by atoms with van der Waals surface area (Å²) in [5.74, 6) is -1.19. The van der Waals surface area contributed by atoms with Crippen molar-refractivity contribution in [3.05, 3.63) is 0 Å². The van der Waals surface area contributed by atoms with Crippen LogP contribution < -0.4 is 5.32 Å². The van der Waals surface area contributed by atoms with Crippen LogP contribution in [0, 0.1) is 23.7 Å². The summed E-state index contributed by atoms with van der Waals surface area (Å²) in [6.45, 7) is 3.55. The van der Waals surface area contributed by atoms with E-state index in [9.17, 15) is 19.2 Å². The predicted octanol–water partition coefficient (Wildman–Crippen LogP) is 1.65. The van der Waals surface area contributed by atoms with Crippen molar-refractivity contribution in [1.82, 2.24) is 10.2 Å². The number of amides is 3. The van der Waals surface area contributed by atoms with Gasteiger partial charge in [0.2, 0.25) is 11.8 Å². The third-order valence-electron chi connectivity index (χ3n) is 6.64. The highest BCUT2D eigenvalue weighted by Gasteiger charge is 2.48. The zero-order valence-corrected chi connectivity index (χ0v) is 16.2. The molecule has 2 aliphatic carbocycles. The van der Waals surface area contributed by atoms with Crippen molar-refractivity contribution in [3.63, 3.8) is 0 Å². The number of carbonyl (C=O) groups excluding carboxylic acids is 4. The zero-order valence-electron chi connectivity index (χ0n) is 16.2. The molecule has 7 nitrogen and oxygen atoms in total. The van der Waals surface area contributed by atoms with Gasteiger partial charge in [-0.25, -0.2) is 0 Å². The number of ether oxygens (including phenoxy) is 1. The highest BCUT2D eigenvalue weighted by molar-refractivity contribution is 6.07. The van der Waals surface area contributed by atoms with E-state index in [0.717, 1.165) is 30.6 Å². The maximum absolute atomic E-state index is 12.4. The minimum Gasteiger partial charge on any atom is -0.454 e. The summed E-state index contributed by atoms with van der Waals surface area (Å²) in [5, 5.41) is 2.94. The third kappa shape index (κ3) is 4.33. The number of hydrogen-bond acceptors (Lipinski definition) is 5. The molecule has 3 fully saturated rings. The molecule has 3 aliphatic rings. The summed E-state index contributed by atoms with van der Waals surface area (Å²) < 4.78 is 5.02. The minimum absolute atomic E-state index is 0.102. The molecular formula is C20H30N2O5. The SMILES string of the molecule is C[C@H]1[C@H](C)CCC[C@H]1NC(=O)COC(=O)CN1C(=O)[C@H]2CCCC[C@H]2C1=O. The smallest absolute Gasteiger partial charge is 0.326 e. The van der Waals surface area contributed by atoms with Gasteiger partial charge in [-0.1, -0.05) is 39.5 Å². The van der Waals surface area contributed by atoms with Crippen molar-refractivity contribution in [2.45, 2.75) is 64.8 Å². The number of carbonyl (C=O) groups is 4. The summed E-state index contributed by atoms with van der Waals surface area (Å²) in [6.07, 6.45) is 6.49. The van der Waals surface area contributed by atoms with Crippen LogP contribution in [0.25, 0.3) is 0 Å². The molecule has 0 bridgehead atoms. The Balaban J connectivity index is 1.45. The van der Waals surface area contributed by atoms with Crippen LogP contribution in [0.5, 0.6) is 0 Å². The van der Waals surface area contributed by atoms with Crippen LogP contribution in [0.3, 0.4) is 0 Å². The molecule has 1 heterocycles. The molecule has 0 unspecified atom stereocenters. The van der Waals surface area contributed by atoms with Gasteiger partial charge in [-0.2, -0.15) is 0 Å². The van der Waals surface area contributed by atoms with Crippen molar-refractivity contribution in [3.8, 4) is 0 Å². The first-order chi connectivity index (χ1) is 12.9. The summed E-state index contributed by atoms with van der Waals surface area (Å²) in [5.41, 5.74) is 0. The van der Waals surface area contributed by atoms with Crippen LogP contribution in [0.1, 0.15) is 58.8 Å². The van der Waals surface area contributed by atoms with E-state index in [-0.39, 0.29) is 42.2 Å². The van der Waals surface area contributed by atoms with Crippen LogP contribution in [0.2, 0.25) is 0 Å². The second-order valence-electron chi connectivity index (χ2n) is 8.36. The Morgan fingerprint density at radius 1 is 1.00 bits per heavy atom. The number of fused-ring (bicyclic) bond motifs is 1. The molecule has 1 saturated heterocycles. The van der Waals surface area contributed by atoms with Gasteiger partial charge >= 0.3 is 5.97 Å².